The highest BCUT2D eigenvalue weighted by Gasteiger charge is 2.11. The Morgan fingerprint density at radius 2 is 1.81 bits per heavy atom. The maximum atomic E-state index is 12.2. The average Bonchev–Trinajstić information content (AvgIpc) is 2.60. The van der Waals surface area contributed by atoms with Gasteiger partial charge in [-0.1, -0.05) is 25.0 Å². The van der Waals surface area contributed by atoms with E-state index in [1.165, 1.54) is 0 Å². The van der Waals surface area contributed by atoms with Crippen LogP contribution < -0.4 is 15.8 Å². The molecule has 0 radical (unpaired) electrons. The number of anilines is 1. The molecule has 0 atom stereocenters. The van der Waals surface area contributed by atoms with E-state index in [1.54, 1.807) is 18.3 Å². The molecule has 2 aromatic rings. The highest BCUT2D eigenvalue weighted by molar-refractivity contribution is 5.91. The molecule has 150 valence electrons. The standard InChI is InChI=1S/C20H27N3O2.2ClH/c1-15-9-7-11-18(16(15)2)25-20-17(10-8-14-22-20)23-19(24)12-5-3-4-6-13-21;;/h7-11,14H,3-6,12-13,21H2,1-2H3,(H,23,24);2*1H. The normalized spacial score (nSPS) is 9.74. The summed E-state index contributed by atoms with van der Waals surface area (Å²) in [6, 6.07) is 9.47. The zero-order chi connectivity index (χ0) is 18.1. The first-order valence-corrected chi connectivity index (χ1v) is 8.81. The Morgan fingerprint density at radius 1 is 1.07 bits per heavy atom. The quantitative estimate of drug-likeness (QED) is 0.554. The van der Waals surface area contributed by atoms with Gasteiger partial charge >= 0.3 is 0 Å². The Morgan fingerprint density at radius 3 is 2.56 bits per heavy atom. The van der Waals surface area contributed by atoms with Crippen molar-refractivity contribution in [1.82, 2.24) is 4.98 Å². The van der Waals surface area contributed by atoms with E-state index >= 15 is 0 Å². The van der Waals surface area contributed by atoms with E-state index in [0.717, 1.165) is 42.6 Å². The summed E-state index contributed by atoms with van der Waals surface area (Å²) in [6.45, 7) is 4.75. The first-order chi connectivity index (χ1) is 12.1. The lowest BCUT2D eigenvalue weighted by Gasteiger charge is -2.13. The highest BCUT2D eigenvalue weighted by Crippen LogP contribution is 2.30. The minimum absolute atomic E-state index is 0. The van der Waals surface area contributed by atoms with Gasteiger partial charge in [-0.05, 0) is 62.6 Å². The van der Waals surface area contributed by atoms with Crippen molar-refractivity contribution in [1.29, 1.82) is 0 Å². The van der Waals surface area contributed by atoms with Crippen LogP contribution in [0, 0.1) is 13.8 Å². The van der Waals surface area contributed by atoms with Crippen LogP contribution in [0.25, 0.3) is 0 Å². The number of amides is 1. The summed E-state index contributed by atoms with van der Waals surface area (Å²) in [5.74, 6) is 1.13. The number of rotatable bonds is 9. The van der Waals surface area contributed by atoms with Gasteiger partial charge in [0, 0.05) is 12.6 Å². The summed E-state index contributed by atoms with van der Waals surface area (Å²) in [5.41, 5.74) is 8.28. The predicted molar refractivity (Wildman–Crippen MR) is 115 cm³/mol. The minimum Gasteiger partial charge on any atom is -0.437 e. The molecule has 1 amide bonds. The molecule has 27 heavy (non-hydrogen) atoms. The number of hydrogen-bond acceptors (Lipinski definition) is 4. The second-order valence-electron chi connectivity index (χ2n) is 6.16. The Labute approximate surface area is 173 Å². The largest absolute Gasteiger partial charge is 0.437 e. The van der Waals surface area contributed by atoms with Gasteiger partial charge in [-0.2, -0.15) is 0 Å². The fraction of sp³-hybridized carbons (Fsp3) is 0.400. The third-order valence-corrected chi connectivity index (χ3v) is 4.16. The number of aryl methyl sites for hydroxylation is 1. The number of hydrogen-bond donors (Lipinski definition) is 2. The van der Waals surface area contributed by atoms with E-state index in [-0.39, 0.29) is 30.7 Å². The number of ether oxygens (including phenoxy) is 1. The molecule has 2 rings (SSSR count). The van der Waals surface area contributed by atoms with Crippen molar-refractivity contribution in [2.24, 2.45) is 5.73 Å². The summed E-state index contributed by atoms with van der Waals surface area (Å²) >= 11 is 0. The van der Waals surface area contributed by atoms with E-state index in [2.05, 4.69) is 10.3 Å². The van der Waals surface area contributed by atoms with Gasteiger partial charge in [-0.25, -0.2) is 4.98 Å². The molecule has 0 fully saturated rings. The molecule has 0 aliphatic carbocycles. The van der Waals surface area contributed by atoms with Crippen LogP contribution in [0.5, 0.6) is 11.6 Å². The summed E-state index contributed by atoms with van der Waals surface area (Å²) in [5, 5.41) is 2.90. The first-order valence-electron chi connectivity index (χ1n) is 8.81. The lowest BCUT2D eigenvalue weighted by Crippen LogP contribution is -2.12. The average molecular weight is 414 g/mol. The molecule has 0 aliphatic heterocycles. The first kappa shape index (κ1) is 25.2. The summed E-state index contributed by atoms with van der Waals surface area (Å²) in [6.07, 6.45) is 6.10. The number of nitrogens with one attached hydrogen (secondary N) is 1. The van der Waals surface area contributed by atoms with Gasteiger partial charge in [0.2, 0.25) is 11.8 Å². The highest BCUT2D eigenvalue weighted by atomic mass is 35.5. The number of benzene rings is 1. The number of carbonyl (C=O) groups excluding carboxylic acids is 1. The fourth-order valence-corrected chi connectivity index (χ4v) is 2.50. The van der Waals surface area contributed by atoms with Gasteiger partial charge in [0.15, 0.2) is 0 Å². The third-order valence-electron chi connectivity index (χ3n) is 4.16. The van der Waals surface area contributed by atoms with Gasteiger partial charge in [0.1, 0.15) is 11.4 Å². The minimum atomic E-state index is -0.0217. The van der Waals surface area contributed by atoms with Gasteiger partial charge in [0.25, 0.3) is 0 Å². The summed E-state index contributed by atoms with van der Waals surface area (Å²) < 4.78 is 5.94. The summed E-state index contributed by atoms with van der Waals surface area (Å²) in [4.78, 5) is 16.4. The Bertz CT molecular complexity index is 711. The number of unbranched alkanes of at least 4 members (excludes halogenated alkanes) is 3. The second-order valence-corrected chi connectivity index (χ2v) is 6.16. The van der Waals surface area contributed by atoms with Gasteiger partial charge < -0.3 is 15.8 Å². The van der Waals surface area contributed by atoms with Crippen molar-refractivity contribution in [3.05, 3.63) is 47.7 Å². The van der Waals surface area contributed by atoms with Crippen molar-refractivity contribution < 1.29 is 9.53 Å². The van der Waals surface area contributed by atoms with Crippen LogP contribution in [0.4, 0.5) is 5.69 Å². The van der Waals surface area contributed by atoms with E-state index in [0.29, 0.717) is 24.5 Å². The molecule has 7 heteroatoms. The molecule has 0 spiro atoms. The van der Waals surface area contributed by atoms with Crippen LogP contribution in [-0.4, -0.2) is 17.4 Å². The number of pyridine rings is 1. The van der Waals surface area contributed by atoms with E-state index < -0.39 is 0 Å². The Balaban J connectivity index is 0.00000338. The van der Waals surface area contributed by atoms with Crippen molar-refractivity contribution in [2.75, 3.05) is 11.9 Å². The molecule has 0 saturated heterocycles. The lowest BCUT2D eigenvalue weighted by molar-refractivity contribution is -0.116. The van der Waals surface area contributed by atoms with E-state index in [1.807, 2.05) is 32.0 Å². The molecule has 3 N–H and O–H groups in total. The van der Waals surface area contributed by atoms with Gasteiger partial charge in [0.05, 0.1) is 0 Å². The molecule has 1 aromatic heterocycles. The molecule has 0 saturated carbocycles. The van der Waals surface area contributed by atoms with Crippen molar-refractivity contribution >= 4 is 36.4 Å². The fourth-order valence-electron chi connectivity index (χ4n) is 2.50. The molecule has 5 nitrogen and oxygen atoms in total. The molecular formula is C20H29Cl2N3O2. The van der Waals surface area contributed by atoms with Crippen LogP contribution in [0.3, 0.4) is 0 Å². The zero-order valence-electron chi connectivity index (χ0n) is 15.9. The molecule has 0 aliphatic rings. The maximum absolute atomic E-state index is 12.2. The van der Waals surface area contributed by atoms with Crippen LogP contribution in [0.15, 0.2) is 36.5 Å². The summed E-state index contributed by atoms with van der Waals surface area (Å²) in [7, 11) is 0. The second kappa shape index (κ2) is 13.4. The molecule has 1 aromatic carbocycles. The SMILES string of the molecule is Cc1cccc(Oc2ncccc2NC(=O)CCCCCCN)c1C.Cl.Cl. The van der Waals surface area contributed by atoms with Crippen LogP contribution in [0.2, 0.25) is 0 Å². The Kier molecular flexibility index (Phi) is 12.5. The number of halogens is 2. The number of carbonyl (C=O) groups is 1. The smallest absolute Gasteiger partial charge is 0.243 e. The Hall–Kier alpha value is -1.82. The number of aromatic nitrogens is 1. The van der Waals surface area contributed by atoms with E-state index in [9.17, 15) is 4.79 Å². The topological polar surface area (TPSA) is 77.2 Å². The molecule has 0 bridgehead atoms. The number of nitrogens with two attached hydrogens (primary N) is 1. The monoisotopic (exact) mass is 413 g/mol. The molecular weight excluding hydrogens is 385 g/mol. The molecule has 1 heterocycles. The van der Waals surface area contributed by atoms with Crippen molar-refractivity contribution in [3.63, 3.8) is 0 Å². The van der Waals surface area contributed by atoms with Gasteiger partial charge in [-0.15, -0.1) is 24.8 Å². The molecule has 0 unspecified atom stereocenters. The van der Waals surface area contributed by atoms with Gasteiger partial charge in [-0.3, -0.25) is 4.79 Å². The zero-order valence-corrected chi connectivity index (χ0v) is 17.5. The van der Waals surface area contributed by atoms with Crippen molar-refractivity contribution in [2.45, 2.75) is 46.0 Å². The van der Waals surface area contributed by atoms with Crippen LogP contribution >= 0.6 is 24.8 Å². The van der Waals surface area contributed by atoms with Crippen LogP contribution in [0.1, 0.15) is 43.2 Å². The van der Waals surface area contributed by atoms with Crippen LogP contribution in [-0.2, 0) is 4.79 Å². The lowest BCUT2D eigenvalue weighted by atomic mass is 10.1. The predicted octanol–water partition coefficient (Wildman–Crippen LogP) is 5.18. The number of nitrogens with zero attached hydrogens (tertiary/aromatic N) is 1. The third kappa shape index (κ3) is 8.16. The van der Waals surface area contributed by atoms with Crippen molar-refractivity contribution in [3.8, 4) is 11.6 Å². The maximum Gasteiger partial charge on any atom is 0.243 e. The van der Waals surface area contributed by atoms with E-state index in [4.69, 9.17) is 10.5 Å².